The van der Waals surface area contributed by atoms with Crippen LogP contribution in [0.2, 0.25) is 0 Å². The van der Waals surface area contributed by atoms with Gasteiger partial charge in [0.05, 0.1) is 12.7 Å². The molecule has 0 aliphatic rings. The molecule has 1 unspecified atom stereocenters. The molecule has 0 aliphatic heterocycles. The summed E-state index contributed by atoms with van der Waals surface area (Å²) >= 11 is 0. The van der Waals surface area contributed by atoms with Crippen LogP contribution in [-0.2, 0) is 4.79 Å². The fraction of sp³-hybridized carbons (Fsp3) is 0.700. The van der Waals surface area contributed by atoms with E-state index in [9.17, 15) is 4.79 Å². The van der Waals surface area contributed by atoms with Crippen molar-refractivity contribution in [3.63, 3.8) is 0 Å². The Kier molecular flexibility index (Phi) is 24.2. The van der Waals surface area contributed by atoms with Gasteiger partial charge in [-0.15, -0.1) is 0 Å². The molecule has 0 aromatic rings. The summed E-state index contributed by atoms with van der Waals surface area (Å²) in [4.78, 5) is 9.25. The van der Waals surface area contributed by atoms with Gasteiger partial charge in [0.25, 0.3) is 0 Å². The lowest BCUT2D eigenvalue weighted by atomic mass is 10.3. The average molecular weight is 206 g/mol. The standard InChI is InChI=1S/C4H10O2.C3H4O2.C3H8/c1-2-4(6)3-5;1-2-3(4)5;1-3-2/h4-6H,2-3H2,1H3;2H,1H2,(H,4,5);3H2,1-2H3. The van der Waals surface area contributed by atoms with E-state index in [4.69, 9.17) is 15.3 Å². The molecule has 4 nitrogen and oxygen atoms in total. The number of carboxylic acids is 1. The SMILES string of the molecule is C=CC(=O)O.CCC.CCC(O)CO. The Morgan fingerprint density at radius 1 is 1.43 bits per heavy atom. The van der Waals surface area contributed by atoms with Gasteiger partial charge in [0.2, 0.25) is 0 Å². The van der Waals surface area contributed by atoms with E-state index < -0.39 is 12.1 Å². The van der Waals surface area contributed by atoms with E-state index in [2.05, 4.69) is 20.4 Å². The van der Waals surface area contributed by atoms with Crippen LogP contribution in [0.15, 0.2) is 12.7 Å². The number of aliphatic hydroxyl groups excluding tert-OH is 2. The molecular weight excluding hydrogens is 184 g/mol. The van der Waals surface area contributed by atoms with Crippen molar-refractivity contribution in [3.8, 4) is 0 Å². The molecule has 0 bridgehead atoms. The first-order valence-electron chi connectivity index (χ1n) is 4.64. The lowest BCUT2D eigenvalue weighted by Gasteiger charge is -1.97. The number of aliphatic hydroxyl groups is 2. The minimum Gasteiger partial charge on any atom is -0.478 e. The molecule has 0 rings (SSSR count). The van der Waals surface area contributed by atoms with E-state index in [0.29, 0.717) is 6.42 Å². The highest BCUT2D eigenvalue weighted by Gasteiger charge is 1.92. The number of hydrogen-bond donors (Lipinski definition) is 3. The van der Waals surface area contributed by atoms with Gasteiger partial charge in [-0.25, -0.2) is 4.79 Å². The van der Waals surface area contributed by atoms with Crippen molar-refractivity contribution in [2.24, 2.45) is 0 Å². The van der Waals surface area contributed by atoms with Crippen LogP contribution in [0.25, 0.3) is 0 Å². The lowest BCUT2D eigenvalue weighted by molar-refractivity contribution is -0.131. The summed E-state index contributed by atoms with van der Waals surface area (Å²) in [6, 6.07) is 0. The Labute approximate surface area is 85.9 Å². The topological polar surface area (TPSA) is 77.8 Å². The highest BCUT2D eigenvalue weighted by atomic mass is 16.4. The number of hydrogen-bond acceptors (Lipinski definition) is 3. The molecule has 0 heterocycles. The molecule has 1 atom stereocenters. The van der Waals surface area contributed by atoms with E-state index in [1.54, 1.807) is 0 Å². The fourth-order valence-electron chi connectivity index (χ4n) is 0.129. The van der Waals surface area contributed by atoms with Gasteiger partial charge in [0, 0.05) is 6.08 Å². The van der Waals surface area contributed by atoms with Crippen LogP contribution < -0.4 is 0 Å². The minimum atomic E-state index is -0.981. The van der Waals surface area contributed by atoms with Gasteiger partial charge in [-0.05, 0) is 6.42 Å². The molecule has 0 aromatic heterocycles. The first-order valence-corrected chi connectivity index (χ1v) is 4.64. The van der Waals surface area contributed by atoms with Crippen LogP contribution in [0, 0.1) is 0 Å². The van der Waals surface area contributed by atoms with Gasteiger partial charge in [-0.1, -0.05) is 33.8 Å². The van der Waals surface area contributed by atoms with Gasteiger partial charge in [-0.3, -0.25) is 0 Å². The molecule has 0 aliphatic carbocycles. The van der Waals surface area contributed by atoms with Crippen LogP contribution >= 0.6 is 0 Å². The maximum Gasteiger partial charge on any atom is 0.327 e. The Hall–Kier alpha value is -0.870. The van der Waals surface area contributed by atoms with Crippen molar-refractivity contribution in [1.29, 1.82) is 0 Å². The van der Waals surface area contributed by atoms with E-state index in [0.717, 1.165) is 6.08 Å². The van der Waals surface area contributed by atoms with Crippen LogP contribution in [0.4, 0.5) is 0 Å². The van der Waals surface area contributed by atoms with Gasteiger partial charge in [-0.2, -0.15) is 0 Å². The number of aliphatic carboxylic acids is 1. The molecule has 0 aromatic carbocycles. The smallest absolute Gasteiger partial charge is 0.327 e. The van der Waals surface area contributed by atoms with Gasteiger partial charge in [0.1, 0.15) is 0 Å². The van der Waals surface area contributed by atoms with Crippen molar-refractivity contribution >= 4 is 5.97 Å². The Morgan fingerprint density at radius 2 is 1.71 bits per heavy atom. The molecule has 0 amide bonds. The largest absolute Gasteiger partial charge is 0.478 e. The number of rotatable bonds is 3. The summed E-state index contributed by atoms with van der Waals surface area (Å²) in [6.07, 6.45) is 2.21. The predicted molar refractivity (Wildman–Crippen MR) is 57.2 cm³/mol. The summed E-state index contributed by atoms with van der Waals surface area (Å²) < 4.78 is 0. The molecule has 4 heteroatoms. The molecule has 3 N–H and O–H groups in total. The highest BCUT2D eigenvalue weighted by molar-refractivity contribution is 5.78. The fourth-order valence-corrected chi connectivity index (χ4v) is 0.129. The van der Waals surface area contributed by atoms with E-state index in [-0.39, 0.29) is 6.61 Å². The van der Waals surface area contributed by atoms with Gasteiger partial charge >= 0.3 is 5.97 Å². The third-order valence-corrected chi connectivity index (χ3v) is 0.857. The van der Waals surface area contributed by atoms with E-state index >= 15 is 0 Å². The molecule has 14 heavy (non-hydrogen) atoms. The van der Waals surface area contributed by atoms with Crippen molar-refractivity contribution < 1.29 is 20.1 Å². The second-order valence-electron chi connectivity index (χ2n) is 2.49. The third-order valence-electron chi connectivity index (χ3n) is 0.857. The Balaban J connectivity index is -0.000000138. The van der Waals surface area contributed by atoms with E-state index in [1.807, 2.05) is 6.92 Å². The van der Waals surface area contributed by atoms with Crippen molar-refractivity contribution in [2.45, 2.75) is 39.7 Å². The molecule has 0 spiro atoms. The van der Waals surface area contributed by atoms with Crippen molar-refractivity contribution in [3.05, 3.63) is 12.7 Å². The van der Waals surface area contributed by atoms with Crippen molar-refractivity contribution in [2.75, 3.05) is 6.61 Å². The zero-order valence-corrected chi connectivity index (χ0v) is 9.23. The average Bonchev–Trinajstić information content (AvgIpc) is 2.18. The normalized spacial score (nSPS) is 9.79. The summed E-state index contributed by atoms with van der Waals surface area (Å²) in [7, 11) is 0. The number of carbonyl (C=O) groups is 1. The third kappa shape index (κ3) is 43.4. The molecule has 0 saturated heterocycles. The summed E-state index contributed by atoms with van der Waals surface area (Å²) in [6.45, 7) is 8.92. The van der Waals surface area contributed by atoms with Gasteiger partial charge in [0.15, 0.2) is 0 Å². The quantitative estimate of drug-likeness (QED) is 0.610. The zero-order chi connectivity index (χ0) is 12.0. The Morgan fingerprint density at radius 3 is 1.71 bits per heavy atom. The first kappa shape index (κ1) is 18.8. The zero-order valence-electron chi connectivity index (χ0n) is 9.23. The molecule has 0 radical (unpaired) electrons. The maximum absolute atomic E-state index is 9.25. The second kappa shape index (κ2) is 18.0. The maximum atomic E-state index is 9.25. The van der Waals surface area contributed by atoms with Crippen LogP contribution in [0.3, 0.4) is 0 Å². The lowest BCUT2D eigenvalue weighted by Crippen LogP contribution is -2.08. The monoisotopic (exact) mass is 206 g/mol. The Bertz CT molecular complexity index is 119. The van der Waals surface area contributed by atoms with Crippen LogP contribution in [-0.4, -0.2) is 34.0 Å². The molecular formula is C10H22O4. The minimum absolute atomic E-state index is 0.115. The molecule has 86 valence electrons. The van der Waals surface area contributed by atoms with Gasteiger partial charge < -0.3 is 15.3 Å². The summed E-state index contributed by atoms with van der Waals surface area (Å²) in [5.41, 5.74) is 0. The summed E-state index contributed by atoms with van der Waals surface area (Å²) in [5, 5.41) is 24.1. The number of carboxylic acid groups (broad SMARTS) is 1. The highest BCUT2D eigenvalue weighted by Crippen LogP contribution is 1.83. The molecule has 0 fully saturated rings. The first-order chi connectivity index (χ1) is 6.49. The molecule has 0 saturated carbocycles. The predicted octanol–water partition coefficient (Wildman–Crippen LogP) is 1.42. The second-order valence-corrected chi connectivity index (χ2v) is 2.49. The van der Waals surface area contributed by atoms with Crippen LogP contribution in [0.5, 0.6) is 0 Å². The van der Waals surface area contributed by atoms with Crippen molar-refractivity contribution in [1.82, 2.24) is 0 Å². The van der Waals surface area contributed by atoms with Crippen LogP contribution in [0.1, 0.15) is 33.6 Å². The summed E-state index contributed by atoms with van der Waals surface area (Å²) in [5.74, 6) is -0.981. The van der Waals surface area contributed by atoms with E-state index in [1.165, 1.54) is 6.42 Å².